The molecule has 1 aliphatic rings. The van der Waals surface area contributed by atoms with Crippen molar-refractivity contribution in [3.63, 3.8) is 0 Å². The van der Waals surface area contributed by atoms with E-state index in [1.165, 1.54) is 0 Å². The number of fused-ring (bicyclic) bond motifs is 1. The van der Waals surface area contributed by atoms with Crippen molar-refractivity contribution < 1.29 is 4.79 Å². The van der Waals surface area contributed by atoms with Crippen LogP contribution in [0.2, 0.25) is 0 Å². The number of aromatic nitrogens is 3. The zero-order valence-corrected chi connectivity index (χ0v) is 15.6. The van der Waals surface area contributed by atoms with Crippen molar-refractivity contribution in [3.8, 4) is 0 Å². The number of likely N-dealkylation sites (N-methyl/N-ethyl adjacent to an activating group) is 1. The maximum atomic E-state index is 12.9. The van der Waals surface area contributed by atoms with Gasteiger partial charge in [-0.3, -0.25) is 4.79 Å². The van der Waals surface area contributed by atoms with Crippen LogP contribution in [0.3, 0.4) is 0 Å². The van der Waals surface area contributed by atoms with Gasteiger partial charge in [-0.25, -0.2) is 0 Å². The Balaban J connectivity index is 1.61. The second kappa shape index (κ2) is 6.90. The molecule has 3 N–H and O–H groups in total. The van der Waals surface area contributed by atoms with Gasteiger partial charge in [0.15, 0.2) is 0 Å². The van der Waals surface area contributed by atoms with Crippen molar-refractivity contribution in [1.82, 2.24) is 19.9 Å². The molecule has 0 spiro atoms. The lowest BCUT2D eigenvalue weighted by atomic mass is 9.91. The standard InChI is InChI=1S/C20H24N6O/c1-13-9-11-26(19(27)14-6-4-3-5-7-14)12-16(13)25(2)18-15-8-10-22-17(15)23-20(21)24-18/h3-8,10,13,16H,9,11-12H2,1-2H3,(H3,21,22,23,24)/t13-,16+/m1/s1. The number of nitrogens with zero attached hydrogens (tertiary/aromatic N) is 4. The summed E-state index contributed by atoms with van der Waals surface area (Å²) in [6.45, 7) is 3.65. The van der Waals surface area contributed by atoms with E-state index in [1.54, 1.807) is 0 Å². The first kappa shape index (κ1) is 17.3. The average Bonchev–Trinajstić information content (AvgIpc) is 3.15. The molecule has 27 heavy (non-hydrogen) atoms. The van der Waals surface area contributed by atoms with Gasteiger partial charge in [-0.2, -0.15) is 9.97 Å². The van der Waals surface area contributed by atoms with E-state index in [-0.39, 0.29) is 17.9 Å². The smallest absolute Gasteiger partial charge is 0.253 e. The van der Waals surface area contributed by atoms with Gasteiger partial charge in [-0.05, 0) is 30.5 Å². The molecule has 1 aliphatic heterocycles. The predicted octanol–water partition coefficient (Wildman–Crippen LogP) is 2.53. The number of aromatic amines is 1. The molecule has 2 aromatic heterocycles. The van der Waals surface area contributed by atoms with Crippen molar-refractivity contribution in [2.75, 3.05) is 30.8 Å². The van der Waals surface area contributed by atoms with Gasteiger partial charge in [-0.1, -0.05) is 25.1 Å². The summed E-state index contributed by atoms with van der Waals surface area (Å²) in [4.78, 5) is 28.8. The van der Waals surface area contributed by atoms with Crippen LogP contribution in [-0.4, -0.2) is 51.9 Å². The number of hydrogen-bond acceptors (Lipinski definition) is 5. The molecule has 3 heterocycles. The molecule has 140 valence electrons. The number of H-pyrrole nitrogens is 1. The summed E-state index contributed by atoms with van der Waals surface area (Å²) in [5, 5.41) is 0.936. The zero-order valence-electron chi connectivity index (χ0n) is 15.6. The Bertz CT molecular complexity index is 954. The fraction of sp³-hybridized carbons (Fsp3) is 0.350. The molecule has 0 radical (unpaired) electrons. The molecule has 0 bridgehead atoms. The largest absolute Gasteiger partial charge is 0.368 e. The van der Waals surface area contributed by atoms with E-state index in [0.717, 1.165) is 35.4 Å². The van der Waals surface area contributed by atoms with E-state index in [2.05, 4.69) is 26.8 Å². The van der Waals surface area contributed by atoms with E-state index in [0.29, 0.717) is 12.5 Å². The second-order valence-corrected chi connectivity index (χ2v) is 7.21. The molecule has 3 aromatic rings. The van der Waals surface area contributed by atoms with E-state index in [1.807, 2.05) is 54.5 Å². The number of amides is 1. The number of rotatable bonds is 3. The van der Waals surface area contributed by atoms with Gasteiger partial charge in [0.25, 0.3) is 5.91 Å². The van der Waals surface area contributed by atoms with Gasteiger partial charge in [0.1, 0.15) is 11.5 Å². The highest BCUT2D eigenvalue weighted by Gasteiger charge is 2.33. The number of carbonyl (C=O) groups excluding carboxylic acids is 1. The predicted molar refractivity (Wildman–Crippen MR) is 107 cm³/mol. The Kier molecular flexibility index (Phi) is 4.43. The highest BCUT2D eigenvalue weighted by Crippen LogP contribution is 2.30. The first-order chi connectivity index (χ1) is 13.0. The molecule has 2 atom stereocenters. The molecule has 0 unspecified atom stereocenters. The van der Waals surface area contributed by atoms with Crippen LogP contribution in [-0.2, 0) is 0 Å². The highest BCUT2D eigenvalue weighted by molar-refractivity contribution is 5.94. The molecule has 7 nitrogen and oxygen atoms in total. The summed E-state index contributed by atoms with van der Waals surface area (Å²) < 4.78 is 0. The van der Waals surface area contributed by atoms with Crippen LogP contribution in [0.25, 0.3) is 11.0 Å². The van der Waals surface area contributed by atoms with Crippen LogP contribution in [0, 0.1) is 5.92 Å². The summed E-state index contributed by atoms with van der Waals surface area (Å²) in [5.74, 6) is 1.55. The number of likely N-dealkylation sites (tertiary alicyclic amines) is 1. The van der Waals surface area contributed by atoms with Gasteiger partial charge >= 0.3 is 0 Å². The SMILES string of the molecule is C[C@@H]1CCN(C(=O)c2ccccc2)C[C@@H]1N(C)c1nc(N)nc2[nH]ccc12. The molecule has 0 saturated carbocycles. The number of carbonyl (C=O) groups is 1. The lowest BCUT2D eigenvalue weighted by Gasteiger charge is -2.42. The summed E-state index contributed by atoms with van der Waals surface area (Å²) in [6.07, 6.45) is 2.79. The monoisotopic (exact) mass is 364 g/mol. The second-order valence-electron chi connectivity index (χ2n) is 7.21. The third-order valence-electron chi connectivity index (χ3n) is 5.47. The van der Waals surface area contributed by atoms with Gasteiger partial charge in [-0.15, -0.1) is 0 Å². The Morgan fingerprint density at radius 2 is 2.04 bits per heavy atom. The van der Waals surface area contributed by atoms with Crippen LogP contribution >= 0.6 is 0 Å². The zero-order chi connectivity index (χ0) is 19.0. The molecule has 0 aliphatic carbocycles. The van der Waals surface area contributed by atoms with Crippen LogP contribution in [0.4, 0.5) is 11.8 Å². The minimum Gasteiger partial charge on any atom is -0.368 e. The quantitative estimate of drug-likeness (QED) is 0.745. The van der Waals surface area contributed by atoms with Crippen LogP contribution in [0.1, 0.15) is 23.7 Å². The molecule has 4 rings (SSSR count). The van der Waals surface area contributed by atoms with Crippen molar-refractivity contribution in [1.29, 1.82) is 0 Å². The number of nitrogens with two attached hydrogens (primary N) is 1. The van der Waals surface area contributed by atoms with Crippen LogP contribution in [0.15, 0.2) is 42.6 Å². The fourth-order valence-electron chi connectivity index (χ4n) is 3.87. The third-order valence-corrected chi connectivity index (χ3v) is 5.47. The van der Waals surface area contributed by atoms with Crippen molar-refractivity contribution >= 4 is 28.7 Å². The maximum absolute atomic E-state index is 12.9. The van der Waals surface area contributed by atoms with Crippen LogP contribution in [0.5, 0.6) is 0 Å². The first-order valence-electron chi connectivity index (χ1n) is 9.22. The molecular formula is C20H24N6O. The number of anilines is 2. The number of benzene rings is 1. The minimum atomic E-state index is 0.0786. The Morgan fingerprint density at radius 1 is 1.26 bits per heavy atom. The fourth-order valence-corrected chi connectivity index (χ4v) is 3.87. The van der Waals surface area contributed by atoms with E-state index in [4.69, 9.17) is 5.73 Å². The molecule has 1 fully saturated rings. The van der Waals surface area contributed by atoms with Crippen molar-refractivity contribution in [2.24, 2.45) is 5.92 Å². The summed E-state index contributed by atoms with van der Waals surface area (Å²) in [5.41, 5.74) is 7.36. The molecule has 1 amide bonds. The molecule has 1 saturated heterocycles. The van der Waals surface area contributed by atoms with E-state index >= 15 is 0 Å². The van der Waals surface area contributed by atoms with Gasteiger partial charge in [0.05, 0.1) is 11.4 Å². The van der Waals surface area contributed by atoms with Crippen molar-refractivity contribution in [2.45, 2.75) is 19.4 Å². The topological polar surface area (TPSA) is 91.1 Å². The molecule has 1 aromatic carbocycles. The lowest BCUT2D eigenvalue weighted by molar-refractivity contribution is 0.0670. The minimum absolute atomic E-state index is 0.0786. The number of piperidine rings is 1. The van der Waals surface area contributed by atoms with Crippen LogP contribution < -0.4 is 10.6 Å². The molecule has 7 heteroatoms. The van der Waals surface area contributed by atoms with E-state index in [9.17, 15) is 4.79 Å². The average molecular weight is 364 g/mol. The molecular weight excluding hydrogens is 340 g/mol. The Labute approximate surface area is 158 Å². The maximum Gasteiger partial charge on any atom is 0.253 e. The lowest BCUT2D eigenvalue weighted by Crippen LogP contribution is -2.52. The van der Waals surface area contributed by atoms with E-state index < -0.39 is 0 Å². The third kappa shape index (κ3) is 3.20. The summed E-state index contributed by atoms with van der Waals surface area (Å²) >= 11 is 0. The van der Waals surface area contributed by atoms with Gasteiger partial charge in [0, 0.05) is 31.9 Å². The summed E-state index contributed by atoms with van der Waals surface area (Å²) in [7, 11) is 2.02. The number of nitrogens with one attached hydrogen (secondary N) is 1. The Hall–Kier alpha value is -3.09. The number of hydrogen-bond donors (Lipinski definition) is 2. The number of nitrogen functional groups attached to an aromatic ring is 1. The van der Waals surface area contributed by atoms with Crippen molar-refractivity contribution in [3.05, 3.63) is 48.2 Å². The normalized spacial score (nSPS) is 20.0. The Morgan fingerprint density at radius 3 is 2.81 bits per heavy atom. The van der Waals surface area contributed by atoms with Gasteiger partial charge < -0.3 is 20.5 Å². The van der Waals surface area contributed by atoms with Gasteiger partial charge in [0.2, 0.25) is 5.95 Å². The summed E-state index contributed by atoms with van der Waals surface area (Å²) in [6, 6.07) is 11.6. The highest BCUT2D eigenvalue weighted by atomic mass is 16.2. The first-order valence-corrected chi connectivity index (χ1v) is 9.22.